The molecule has 0 saturated heterocycles. The summed E-state index contributed by atoms with van der Waals surface area (Å²) in [5.41, 5.74) is 0. The third-order valence-corrected chi connectivity index (χ3v) is 6.74. The smallest absolute Gasteiger partial charge is 0.252 e. The van der Waals surface area contributed by atoms with Gasteiger partial charge >= 0.3 is 0 Å². The predicted octanol–water partition coefficient (Wildman–Crippen LogP) is 1.14. The molecular weight excluding hydrogens is 354 g/mol. The van der Waals surface area contributed by atoms with E-state index in [1.54, 1.807) is 0 Å². The van der Waals surface area contributed by atoms with E-state index in [4.69, 9.17) is 21.8 Å². The van der Waals surface area contributed by atoms with E-state index in [1.165, 1.54) is 6.07 Å². The van der Waals surface area contributed by atoms with Crippen molar-refractivity contribution in [2.24, 2.45) is 0 Å². The molecule has 0 spiro atoms. The number of aliphatic hydroxyl groups excluding tert-OH is 2. The SMILES string of the molecule is O=S(=O)(c1cc(Cl)c(Br)s1)N(CCO)CCO. The maximum Gasteiger partial charge on any atom is 0.252 e. The molecule has 9 heteroatoms. The molecule has 0 radical (unpaired) electrons. The summed E-state index contributed by atoms with van der Waals surface area (Å²) < 4.78 is 25.9. The summed E-state index contributed by atoms with van der Waals surface area (Å²) in [5.74, 6) is 0. The Kier molecular flexibility index (Phi) is 5.84. The average molecular weight is 365 g/mol. The summed E-state index contributed by atoms with van der Waals surface area (Å²) in [6.07, 6.45) is 0. The monoisotopic (exact) mass is 363 g/mol. The summed E-state index contributed by atoms with van der Waals surface area (Å²) in [6, 6.07) is 1.34. The van der Waals surface area contributed by atoms with Crippen molar-refractivity contribution < 1.29 is 18.6 Å². The van der Waals surface area contributed by atoms with Gasteiger partial charge in [-0.25, -0.2) is 8.42 Å². The molecule has 0 amide bonds. The number of hydrogen-bond donors (Lipinski definition) is 2. The Hall–Kier alpha value is 0.300. The summed E-state index contributed by atoms with van der Waals surface area (Å²) in [4.78, 5) is 0. The third kappa shape index (κ3) is 3.63. The van der Waals surface area contributed by atoms with Gasteiger partial charge in [0.2, 0.25) is 0 Å². The van der Waals surface area contributed by atoms with Crippen LogP contribution in [-0.4, -0.2) is 49.2 Å². The highest BCUT2D eigenvalue weighted by Gasteiger charge is 2.26. The van der Waals surface area contributed by atoms with Crippen LogP contribution in [0.5, 0.6) is 0 Å². The molecule has 1 rings (SSSR count). The molecule has 0 aliphatic heterocycles. The van der Waals surface area contributed by atoms with Gasteiger partial charge in [0, 0.05) is 13.1 Å². The first-order valence-corrected chi connectivity index (χ1v) is 8.03. The molecular formula is C8H11BrClNO4S2. The van der Waals surface area contributed by atoms with Crippen molar-refractivity contribution in [3.05, 3.63) is 14.9 Å². The topological polar surface area (TPSA) is 77.8 Å². The molecule has 0 aliphatic carbocycles. The molecule has 0 unspecified atom stereocenters. The molecule has 98 valence electrons. The first-order valence-electron chi connectivity index (χ1n) is 4.60. The molecule has 0 bridgehead atoms. The van der Waals surface area contributed by atoms with Gasteiger partial charge in [0.05, 0.1) is 22.0 Å². The van der Waals surface area contributed by atoms with E-state index in [2.05, 4.69) is 15.9 Å². The minimum atomic E-state index is -3.71. The molecule has 17 heavy (non-hydrogen) atoms. The largest absolute Gasteiger partial charge is 0.395 e. The Morgan fingerprint density at radius 2 is 1.88 bits per heavy atom. The highest BCUT2D eigenvalue weighted by atomic mass is 79.9. The summed E-state index contributed by atoms with van der Waals surface area (Å²) in [6.45, 7) is -0.731. The van der Waals surface area contributed by atoms with Gasteiger partial charge in [0.15, 0.2) is 0 Å². The van der Waals surface area contributed by atoms with Gasteiger partial charge in [-0.05, 0) is 22.0 Å². The Morgan fingerprint density at radius 1 is 1.35 bits per heavy atom. The van der Waals surface area contributed by atoms with Crippen LogP contribution in [0.3, 0.4) is 0 Å². The van der Waals surface area contributed by atoms with Gasteiger partial charge < -0.3 is 10.2 Å². The molecule has 2 N–H and O–H groups in total. The summed E-state index contributed by atoms with van der Waals surface area (Å²) >= 11 is 9.91. The van der Waals surface area contributed by atoms with Crippen LogP contribution < -0.4 is 0 Å². The van der Waals surface area contributed by atoms with Gasteiger partial charge in [0.1, 0.15) is 4.21 Å². The van der Waals surface area contributed by atoms with Crippen molar-refractivity contribution in [2.75, 3.05) is 26.3 Å². The molecule has 0 saturated carbocycles. The van der Waals surface area contributed by atoms with Crippen LogP contribution in [0.4, 0.5) is 0 Å². The second kappa shape index (κ2) is 6.46. The Labute approximate surface area is 117 Å². The van der Waals surface area contributed by atoms with Crippen LogP contribution in [0, 0.1) is 0 Å². The molecule has 5 nitrogen and oxygen atoms in total. The zero-order valence-corrected chi connectivity index (χ0v) is 12.6. The number of hydrogen-bond acceptors (Lipinski definition) is 5. The van der Waals surface area contributed by atoms with E-state index in [0.29, 0.717) is 8.81 Å². The van der Waals surface area contributed by atoms with E-state index in [9.17, 15) is 8.42 Å². The number of halogens is 2. The lowest BCUT2D eigenvalue weighted by Gasteiger charge is -2.18. The maximum atomic E-state index is 12.1. The number of nitrogens with zero attached hydrogens (tertiary/aromatic N) is 1. The van der Waals surface area contributed by atoms with Crippen molar-refractivity contribution in [2.45, 2.75) is 4.21 Å². The van der Waals surface area contributed by atoms with E-state index in [1.807, 2.05) is 0 Å². The van der Waals surface area contributed by atoms with Crippen LogP contribution in [-0.2, 0) is 10.0 Å². The number of sulfonamides is 1. The van der Waals surface area contributed by atoms with E-state index >= 15 is 0 Å². The lowest BCUT2D eigenvalue weighted by atomic mass is 10.6. The van der Waals surface area contributed by atoms with Gasteiger partial charge in [0.25, 0.3) is 10.0 Å². The molecule has 0 atom stereocenters. The van der Waals surface area contributed by atoms with Crippen molar-refractivity contribution >= 4 is 48.9 Å². The summed E-state index contributed by atoms with van der Waals surface area (Å²) in [5, 5.41) is 17.9. The van der Waals surface area contributed by atoms with Crippen LogP contribution >= 0.6 is 38.9 Å². The van der Waals surface area contributed by atoms with Crippen LogP contribution in [0.15, 0.2) is 14.1 Å². The van der Waals surface area contributed by atoms with E-state index in [0.717, 1.165) is 15.6 Å². The fourth-order valence-corrected chi connectivity index (χ4v) is 5.13. The zero-order chi connectivity index (χ0) is 13.1. The third-order valence-electron chi connectivity index (χ3n) is 1.92. The minimum Gasteiger partial charge on any atom is -0.395 e. The van der Waals surface area contributed by atoms with E-state index in [-0.39, 0.29) is 30.5 Å². The Bertz CT molecular complexity index is 450. The highest BCUT2D eigenvalue weighted by Crippen LogP contribution is 2.35. The fraction of sp³-hybridized carbons (Fsp3) is 0.500. The van der Waals surface area contributed by atoms with Gasteiger partial charge in [-0.2, -0.15) is 4.31 Å². The standard InChI is InChI=1S/C8H11BrClNO4S2/c9-8-6(10)5-7(16-8)17(14,15)11(1-3-12)2-4-13/h5,12-13H,1-4H2. The number of aliphatic hydroxyl groups is 2. The highest BCUT2D eigenvalue weighted by molar-refractivity contribution is 9.11. The maximum absolute atomic E-state index is 12.1. The number of rotatable bonds is 6. The lowest BCUT2D eigenvalue weighted by molar-refractivity contribution is 0.217. The first kappa shape index (κ1) is 15.4. The van der Waals surface area contributed by atoms with Crippen molar-refractivity contribution in [3.63, 3.8) is 0 Å². The Morgan fingerprint density at radius 3 is 2.24 bits per heavy atom. The Balaban J connectivity index is 3.06. The van der Waals surface area contributed by atoms with Crippen LogP contribution in [0.25, 0.3) is 0 Å². The molecule has 0 aromatic carbocycles. The van der Waals surface area contributed by atoms with Gasteiger partial charge in [-0.1, -0.05) is 11.6 Å². The van der Waals surface area contributed by atoms with Crippen LogP contribution in [0.2, 0.25) is 5.02 Å². The van der Waals surface area contributed by atoms with Crippen molar-refractivity contribution in [3.8, 4) is 0 Å². The molecule has 0 fully saturated rings. The van der Waals surface area contributed by atoms with Gasteiger partial charge in [-0.15, -0.1) is 11.3 Å². The number of thiophene rings is 1. The minimum absolute atomic E-state index is 0.0595. The molecule has 1 heterocycles. The molecule has 1 aromatic heterocycles. The van der Waals surface area contributed by atoms with Crippen molar-refractivity contribution in [1.82, 2.24) is 4.31 Å². The molecule has 0 aliphatic rings. The lowest BCUT2D eigenvalue weighted by Crippen LogP contribution is -2.35. The van der Waals surface area contributed by atoms with Crippen molar-refractivity contribution in [1.29, 1.82) is 0 Å². The predicted molar refractivity (Wildman–Crippen MR) is 70.0 cm³/mol. The quantitative estimate of drug-likeness (QED) is 0.793. The molecule has 1 aromatic rings. The van der Waals surface area contributed by atoms with Gasteiger partial charge in [-0.3, -0.25) is 0 Å². The van der Waals surface area contributed by atoms with Crippen LogP contribution in [0.1, 0.15) is 0 Å². The second-order valence-corrected chi connectivity index (χ2v) is 7.98. The normalized spacial score (nSPS) is 12.3. The second-order valence-electron chi connectivity index (χ2n) is 3.04. The van der Waals surface area contributed by atoms with E-state index < -0.39 is 10.0 Å². The fourth-order valence-electron chi connectivity index (χ4n) is 1.16. The summed E-state index contributed by atoms with van der Waals surface area (Å²) in [7, 11) is -3.71. The average Bonchev–Trinajstić information content (AvgIpc) is 2.59. The zero-order valence-electron chi connectivity index (χ0n) is 8.64. The first-order chi connectivity index (χ1) is 7.93.